The molecule has 3 rings (SSSR count). The van der Waals surface area contributed by atoms with Gasteiger partial charge in [-0.1, -0.05) is 0 Å². The van der Waals surface area contributed by atoms with E-state index in [2.05, 4.69) is 9.97 Å². The van der Waals surface area contributed by atoms with Crippen molar-refractivity contribution in [2.24, 2.45) is 5.73 Å². The van der Waals surface area contributed by atoms with Crippen LogP contribution in [0.15, 0.2) is 30.6 Å². The number of rotatable bonds is 4. The van der Waals surface area contributed by atoms with Crippen LogP contribution in [0.3, 0.4) is 0 Å². The van der Waals surface area contributed by atoms with E-state index >= 15 is 0 Å². The lowest BCUT2D eigenvalue weighted by Gasteiger charge is -2.37. The number of hydrogen-bond acceptors (Lipinski definition) is 4. The van der Waals surface area contributed by atoms with Gasteiger partial charge < -0.3 is 10.6 Å². The van der Waals surface area contributed by atoms with Crippen molar-refractivity contribution in [3.05, 3.63) is 36.2 Å². The minimum atomic E-state index is 0.0488. The molecule has 1 aliphatic carbocycles. The highest BCUT2D eigenvalue weighted by atomic mass is 16.2. The molecule has 1 amide bonds. The van der Waals surface area contributed by atoms with Crippen molar-refractivity contribution in [3.8, 4) is 0 Å². The second kappa shape index (κ2) is 5.54. The van der Waals surface area contributed by atoms with Crippen molar-refractivity contribution >= 4 is 16.9 Å². The maximum absolute atomic E-state index is 12.6. The van der Waals surface area contributed by atoms with Gasteiger partial charge in [-0.2, -0.15) is 0 Å². The van der Waals surface area contributed by atoms with Crippen LogP contribution in [0.1, 0.15) is 29.6 Å². The molecule has 5 nitrogen and oxygen atoms in total. The summed E-state index contributed by atoms with van der Waals surface area (Å²) in [5, 5.41) is 0. The van der Waals surface area contributed by atoms with Crippen LogP contribution in [0.5, 0.6) is 0 Å². The van der Waals surface area contributed by atoms with Gasteiger partial charge in [-0.3, -0.25) is 14.8 Å². The highest BCUT2D eigenvalue weighted by Gasteiger charge is 2.28. The number of carbonyl (C=O) groups is 1. The van der Waals surface area contributed by atoms with Crippen LogP contribution in [0.2, 0.25) is 0 Å². The van der Waals surface area contributed by atoms with Gasteiger partial charge in [-0.05, 0) is 37.5 Å². The van der Waals surface area contributed by atoms with E-state index in [1.165, 1.54) is 6.42 Å². The second-order valence-electron chi connectivity index (χ2n) is 5.13. The van der Waals surface area contributed by atoms with E-state index in [9.17, 15) is 4.79 Å². The largest absolute Gasteiger partial charge is 0.334 e. The van der Waals surface area contributed by atoms with Gasteiger partial charge in [0.25, 0.3) is 5.91 Å². The molecule has 0 saturated heterocycles. The minimum absolute atomic E-state index is 0.0488. The molecule has 104 valence electrons. The molecule has 0 spiro atoms. The molecule has 1 saturated carbocycles. The third-order valence-corrected chi connectivity index (χ3v) is 3.86. The number of benzene rings is 1. The Morgan fingerprint density at radius 3 is 2.65 bits per heavy atom. The third-order valence-electron chi connectivity index (χ3n) is 3.86. The molecule has 1 heterocycles. The molecule has 1 aliphatic rings. The first-order chi connectivity index (χ1) is 9.79. The van der Waals surface area contributed by atoms with Crippen LogP contribution < -0.4 is 5.73 Å². The quantitative estimate of drug-likeness (QED) is 0.915. The molecule has 0 bridgehead atoms. The van der Waals surface area contributed by atoms with Crippen LogP contribution in [0.25, 0.3) is 11.0 Å². The summed E-state index contributed by atoms with van der Waals surface area (Å²) in [6.45, 7) is 1.11. The SMILES string of the molecule is NCCN(C(=O)c1ccc2nccnc2c1)C1CCC1. The molecule has 1 fully saturated rings. The summed E-state index contributed by atoms with van der Waals surface area (Å²) in [5.41, 5.74) is 7.85. The fraction of sp³-hybridized carbons (Fsp3) is 0.400. The third kappa shape index (κ3) is 2.36. The molecule has 1 aromatic carbocycles. The smallest absolute Gasteiger partial charge is 0.254 e. The van der Waals surface area contributed by atoms with Gasteiger partial charge in [-0.25, -0.2) is 0 Å². The van der Waals surface area contributed by atoms with E-state index in [0.29, 0.717) is 24.7 Å². The maximum Gasteiger partial charge on any atom is 0.254 e. The van der Waals surface area contributed by atoms with Crippen LogP contribution in [-0.2, 0) is 0 Å². The van der Waals surface area contributed by atoms with E-state index in [1.807, 2.05) is 23.1 Å². The van der Waals surface area contributed by atoms with E-state index < -0.39 is 0 Å². The Morgan fingerprint density at radius 1 is 1.25 bits per heavy atom. The van der Waals surface area contributed by atoms with Crippen molar-refractivity contribution in [1.29, 1.82) is 0 Å². The number of carbonyl (C=O) groups excluding carboxylic acids is 1. The zero-order chi connectivity index (χ0) is 13.9. The van der Waals surface area contributed by atoms with Crippen LogP contribution in [0, 0.1) is 0 Å². The summed E-state index contributed by atoms with van der Waals surface area (Å²) < 4.78 is 0. The van der Waals surface area contributed by atoms with Gasteiger partial charge in [0.05, 0.1) is 11.0 Å². The first kappa shape index (κ1) is 13.0. The summed E-state index contributed by atoms with van der Waals surface area (Å²) in [6, 6.07) is 5.83. The monoisotopic (exact) mass is 270 g/mol. The van der Waals surface area contributed by atoms with E-state index in [-0.39, 0.29) is 5.91 Å². The van der Waals surface area contributed by atoms with Crippen LogP contribution >= 0.6 is 0 Å². The molecular formula is C15H18N4O. The van der Waals surface area contributed by atoms with Gasteiger partial charge in [-0.15, -0.1) is 0 Å². The summed E-state index contributed by atoms with van der Waals surface area (Å²) in [4.78, 5) is 23.0. The first-order valence-corrected chi connectivity index (χ1v) is 7.01. The molecule has 2 aromatic rings. The number of hydrogen-bond donors (Lipinski definition) is 1. The summed E-state index contributed by atoms with van der Waals surface area (Å²) in [5.74, 6) is 0.0488. The Hall–Kier alpha value is -2.01. The van der Waals surface area contributed by atoms with Gasteiger partial charge >= 0.3 is 0 Å². The Bertz CT molecular complexity index is 624. The topological polar surface area (TPSA) is 72.1 Å². The summed E-state index contributed by atoms with van der Waals surface area (Å²) in [6.07, 6.45) is 6.65. The first-order valence-electron chi connectivity index (χ1n) is 7.01. The molecule has 0 atom stereocenters. The van der Waals surface area contributed by atoms with Gasteiger partial charge in [0, 0.05) is 37.1 Å². The van der Waals surface area contributed by atoms with E-state index in [0.717, 1.165) is 23.9 Å². The Kier molecular flexibility index (Phi) is 3.60. The van der Waals surface area contributed by atoms with Crippen molar-refractivity contribution < 1.29 is 4.79 Å². The average Bonchev–Trinajstić information content (AvgIpc) is 2.43. The molecular weight excluding hydrogens is 252 g/mol. The fourth-order valence-corrected chi connectivity index (χ4v) is 2.55. The van der Waals surface area contributed by atoms with Crippen molar-refractivity contribution in [1.82, 2.24) is 14.9 Å². The number of fused-ring (bicyclic) bond motifs is 1. The van der Waals surface area contributed by atoms with Crippen molar-refractivity contribution in [3.63, 3.8) is 0 Å². The molecule has 0 unspecified atom stereocenters. The Labute approximate surface area is 117 Å². The molecule has 0 aliphatic heterocycles. The predicted molar refractivity (Wildman–Crippen MR) is 77.3 cm³/mol. The average molecular weight is 270 g/mol. The van der Waals surface area contributed by atoms with Crippen LogP contribution in [0.4, 0.5) is 0 Å². The Balaban J connectivity index is 1.89. The van der Waals surface area contributed by atoms with Crippen molar-refractivity contribution in [2.45, 2.75) is 25.3 Å². The molecule has 5 heteroatoms. The zero-order valence-corrected chi connectivity index (χ0v) is 11.3. The Morgan fingerprint density at radius 2 is 2.00 bits per heavy atom. The fourth-order valence-electron chi connectivity index (χ4n) is 2.55. The van der Waals surface area contributed by atoms with E-state index in [4.69, 9.17) is 5.73 Å². The van der Waals surface area contributed by atoms with Gasteiger partial charge in [0.1, 0.15) is 0 Å². The lowest BCUT2D eigenvalue weighted by atomic mass is 9.91. The molecule has 2 N–H and O–H groups in total. The van der Waals surface area contributed by atoms with Crippen LogP contribution in [-0.4, -0.2) is 39.9 Å². The molecule has 1 aromatic heterocycles. The highest BCUT2D eigenvalue weighted by molar-refractivity contribution is 5.97. The zero-order valence-electron chi connectivity index (χ0n) is 11.3. The number of nitrogens with zero attached hydrogens (tertiary/aromatic N) is 3. The molecule has 0 radical (unpaired) electrons. The lowest BCUT2D eigenvalue weighted by molar-refractivity contribution is 0.0589. The van der Waals surface area contributed by atoms with Crippen molar-refractivity contribution in [2.75, 3.05) is 13.1 Å². The lowest BCUT2D eigenvalue weighted by Crippen LogP contribution is -2.46. The number of amides is 1. The number of nitrogens with two attached hydrogens (primary N) is 1. The highest BCUT2D eigenvalue weighted by Crippen LogP contribution is 2.26. The second-order valence-corrected chi connectivity index (χ2v) is 5.13. The normalized spacial score (nSPS) is 15.1. The van der Waals surface area contributed by atoms with E-state index in [1.54, 1.807) is 12.4 Å². The predicted octanol–water partition coefficient (Wildman–Crippen LogP) is 1.58. The molecule has 20 heavy (non-hydrogen) atoms. The minimum Gasteiger partial charge on any atom is -0.334 e. The van der Waals surface area contributed by atoms with Gasteiger partial charge in [0.15, 0.2) is 0 Å². The number of aromatic nitrogens is 2. The van der Waals surface area contributed by atoms with Gasteiger partial charge in [0.2, 0.25) is 0 Å². The summed E-state index contributed by atoms with van der Waals surface area (Å²) in [7, 11) is 0. The maximum atomic E-state index is 12.6. The summed E-state index contributed by atoms with van der Waals surface area (Å²) >= 11 is 0. The standard InChI is InChI=1S/C15H18N4O/c16-6-9-19(12-2-1-3-12)15(20)11-4-5-13-14(10-11)18-8-7-17-13/h4-5,7-8,10,12H,1-3,6,9,16H2.